The van der Waals surface area contributed by atoms with E-state index in [1.165, 1.54) is 18.5 Å². The van der Waals surface area contributed by atoms with Crippen LogP contribution in [-0.2, 0) is 16.6 Å². The summed E-state index contributed by atoms with van der Waals surface area (Å²) in [6.07, 6.45) is 4.33. The minimum Gasteiger partial charge on any atom is -0.340 e. The molecule has 0 spiro atoms. The second-order valence-corrected chi connectivity index (χ2v) is 11.1. The maximum atomic E-state index is 14.0. The number of benzene rings is 3. The van der Waals surface area contributed by atoms with E-state index in [1.54, 1.807) is 18.2 Å². The lowest BCUT2D eigenvalue weighted by Gasteiger charge is -2.11. The monoisotopic (exact) mass is 563 g/mol. The summed E-state index contributed by atoms with van der Waals surface area (Å²) < 4.78 is 57.3. The number of hydrogen-bond acceptors (Lipinski definition) is 7. The van der Waals surface area contributed by atoms with Crippen molar-refractivity contribution in [1.82, 2.24) is 24.4 Å². The summed E-state index contributed by atoms with van der Waals surface area (Å²) in [5, 5.41) is 3.16. The molecular weight excluding hydrogens is 536 g/mol. The number of nitrogens with zero attached hydrogens (tertiary/aromatic N) is 5. The van der Waals surface area contributed by atoms with Gasteiger partial charge in [-0.25, -0.2) is 32.2 Å². The average molecular weight is 564 g/mol. The van der Waals surface area contributed by atoms with Gasteiger partial charge in [0, 0.05) is 29.5 Å². The van der Waals surface area contributed by atoms with Crippen LogP contribution < -0.4 is 10.0 Å². The maximum absolute atomic E-state index is 14.0. The van der Waals surface area contributed by atoms with Crippen LogP contribution in [0, 0.1) is 11.6 Å². The minimum absolute atomic E-state index is 0.144. The highest BCUT2D eigenvalue weighted by atomic mass is 32.2. The van der Waals surface area contributed by atoms with Crippen molar-refractivity contribution in [3.8, 4) is 11.3 Å². The molecular formula is C28H27F2N7O2S. The van der Waals surface area contributed by atoms with Crippen LogP contribution in [-0.4, -0.2) is 53.5 Å². The van der Waals surface area contributed by atoms with Crippen LogP contribution in [0.15, 0.2) is 84.3 Å². The molecule has 0 saturated heterocycles. The fourth-order valence-corrected chi connectivity index (χ4v) is 5.46. The first kappa shape index (κ1) is 27.2. The first-order valence-corrected chi connectivity index (χ1v) is 13.9. The van der Waals surface area contributed by atoms with Crippen molar-refractivity contribution in [3.05, 3.63) is 91.0 Å². The molecule has 40 heavy (non-hydrogen) atoms. The quantitative estimate of drug-likeness (QED) is 0.239. The Kier molecular flexibility index (Phi) is 7.71. The highest BCUT2D eigenvalue weighted by Crippen LogP contribution is 2.26. The lowest BCUT2D eigenvalue weighted by Crippen LogP contribution is -2.16. The Balaban J connectivity index is 1.28. The van der Waals surface area contributed by atoms with Crippen LogP contribution >= 0.6 is 0 Å². The van der Waals surface area contributed by atoms with E-state index in [9.17, 15) is 17.2 Å². The van der Waals surface area contributed by atoms with E-state index in [1.807, 2.05) is 24.5 Å². The highest BCUT2D eigenvalue weighted by molar-refractivity contribution is 7.92. The molecule has 0 unspecified atom stereocenters. The van der Waals surface area contributed by atoms with Gasteiger partial charge in [0.05, 0.1) is 23.1 Å². The fourth-order valence-electron chi connectivity index (χ4n) is 4.26. The Morgan fingerprint density at radius 2 is 1.62 bits per heavy atom. The minimum atomic E-state index is -4.45. The summed E-state index contributed by atoms with van der Waals surface area (Å²) in [6.45, 7) is 1.89. The largest absolute Gasteiger partial charge is 0.340 e. The summed E-state index contributed by atoms with van der Waals surface area (Å²) in [5.41, 5.74) is 4.30. The Hall–Kier alpha value is -4.42. The topological polar surface area (TPSA) is 105 Å². The normalized spacial score (nSPS) is 11.7. The molecule has 3 aromatic carbocycles. The van der Waals surface area contributed by atoms with E-state index in [0.29, 0.717) is 17.2 Å². The van der Waals surface area contributed by atoms with Crippen LogP contribution in [0.2, 0.25) is 0 Å². The Bertz CT molecular complexity index is 1740. The zero-order valence-electron chi connectivity index (χ0n) is 21.8. The molecule has 5 aromatic rings. The van der Waals surface area contributed by atoms with Crippen molar-refractivity contribution >= 4 is 38.2 Å². The Morgan fingerprint density at radius 3 is 2.35 bits per heavy atom. The number of sulfonamides is 1. The van der Waals surface area contributed by atoms with Gasteiger partial charge in [-0.1, -0.05) is 12.1 Å². The summed E-state index contributed by atoms with van der Waals surface area (Å²) in [7, 11) is -0.340. The molecule has 0 amide bonds. The molecule has 9 nitrogen and oxygen atoms in total. The van der Waals surface area contributed by atoms with Crippen molar-refractivity contribution < 1.29 is 17.2 Å². The highest BCUT2D eigenvalue weighted by Gasteiger charge is 2.23. The number of anilines is 3. The van der Waals surface area contributed by atoms with Gasteiger partial charge in [0.15, 0.2) is 4.90 Å². The molecule has 0 aliphatic carbocycles. The number of imidazole rings is 1. The number of fused-ring (bicyclic) bond motifs is 1. The third-order valence-electron chi connectivity index (χ3n) is 6.19. The van der Waals surface area contributed by atoms with Gasteiger partial charge in [0.1, 0.15) is 23.8 Å². The second-order valence-electron chi connectivity index (χ2n) is 9.45. The van der Waals surface area contributed by atoms with Crippen molar-refractivity contribution in [3.63, 3.8) is 0 Å². The van der Waals surface area contributed by atoms with Crippen LogP contribution in [0.3, 0.4) is 0 Å². The van der Waals surface area contributed by atoms with Gasteiger partial charge in [0.25, 0.3) is 10.0 Å². The number of aryl methyl sites for hydroxylation is 1. The van der Waals surface area contributed by atoms with Gasteiger partial charge >= 0.3 is 0 Å². The molecule has 0 radical (unpaired) electrons. The van der Waals surface area contributed by atoms with Crippen molar-refractivity contribution in [2.75, 3.05) is 30.7 Å². The molecule has 5 rings (SSSR count). The molecule has 12 heteroatoms. The molecule has 2 heterocycles. The Labute approximate surface area is 230 Å². The molecule has 0 fully saturated rings. The molecule has 2 N–H and O–H groups in total. The third kappa shape index (κ3) is 6.08. The van der Waals surface area contributed by atoms with E-state index in [0.717, 1.165) is 54.3 Å². The van der Waals surface area contributed by atoms with Crippen LogP contribution in [0.25, 0.3) is 22.3 Å². The molecule has 0 bridgehead atoms. The van der Waals surface area contributed by atoms with Gasteiger partial charge in [-0.2, -0.15) is 0 Å². The lowest BCUT2D eigenvalue weighted by atomic mass is 10.1. The van der Waals surface area contributed by atoms with Crippen LogP contribution in [0.4, 0.5) is 26.0 Å². The first-order valence-electron chi connectivity index (χ1n) is 12.5. The number of nitrogens with one attached hydrogen (secondary N) is 2. The number of hydrogen-bond donors (Lipinski definition) is 2. The summed E-state index contributed by atoms with van der Waals surface area (Å²) >= 11 is 0. The molecule has 2 aromatic heterocycles. The predicted octanol–water partition coefficient (Wildman–Crippen LogP) is 5.27. The third-order valence-corrected chi connectivity index (χ3v) is 7.62. The zero-order chi connectivity index (χ0) is 28.3. The van der Waals surface area contributed by atoms with E-state index < -0.39 is 26.6 Å². The zero-order valence-corrected chi connectivity index (χ0v) is 22.7. The number of halogens is 2. The van der Waals surface area contributed by atoms with Gasteiger partial charge in [-0.3, -0.25) is 4.72 Å². The summed E-state index contributed by atoms with van der Waals surface area (Å²) in [4.78, 5) is 14.4. The van der Waals surface area contributed by atoms with Gasteiger partial charge in [-0.05, 0) is 75.6 Å². The number of aromatic nitrogens is 4. The van der Waals surface area contributed by atoms with Gasteiger partial charge in [-0.15, -0.1) is 0 Å². The van der Waals surface area contributed by atoms with E-state index >= 15 is 0 Å². The molecule has 0 atom stereocenters. The molecule has 0 saturated carbocycles. The summed E-state index contributed by atoms with van der Waals surface area (Å²) in [5.74, 6) is -1.81. The van der Waals surface area contributed by atoms with Crippen LogP contribution in [0.5, 0.6) is 0 Å². The van der Waals surface area contributed by atoms with Gasteiger partial charge < -0.3 is 14.8 Å². The van der Waals surface area contributed by atoms with E-state index in [-0.39, 0.29) is 5.69 Å². The standard InChI is InChI=1S/C28H27F2N7O2S/c1-36(2)13-4-14-37-18-33-25-15-19(7-12-26(25)37)24-16-27(32-17-31-24)34-20-8-10-21(11-9-20)35-40(38,39)28-22(29)5-3-6-23(28)30/h3,5-12,15-18,35H,4,13-14H2,1-2H3,(H,31,32,34). The average Bonchev–Trinajstić information content (AvgIpc) is 3.31. The van der Waals surface area contributed by atoms with Crippen LogP contribution in [0.1, 0.15) is 6.42 Å². The van der Waals surface area contributed by atoms with Gasteiger partial charge in [0.2, 0.25) is 0 Å². The fraction of sp³-hybridized carbons (Fsp3) is 0.179. The lowest BCUT2D eigenvalue weighted by molar-refractivity contribution is 0.387. The van der Waals surface area contributed by atoms with E-state index in [2.05, 4.69) is 48.6 Å². The maximum Gasteiger partial charge on any atom is 0.267 e. The first-order chi connectivity index (χ1) is 19.2. The van der Waals surface area contributed by atoms with E-state index in [4.69, 9.17) is 0 Å². The second kappa shape index (κ2) is 11.4. The smallest absolute Gasteiger partial charge is 0.267 e. The molecule has 206 valence electrons. The molecule has 0 aliphatic heterocycles. The summed E-state index contributed by atoms with van der Waals surface area (Å²) in [6, 6.07) is 16.9. The number of rotatable bonds is 10. The van der Waals surface area contributed by atoms with Crippen molar-refractivity contribution in [2.45, 2.75) is 17.9 Å². The SMILES string of the molecule is CN(C)CCCn1cnc2cc(-c3cc(Nc4ccc(NS(=O)(=O)c5c(F)cccc5F)cc4)ncn3)ccc21. The Morgan fingerprint density at radius 1 is 0.900 bits per heavy atom. The molecule has 0 aliphatic rings. The predicted molar refractivity (Wildman–Crippen MR) is 151 cm³/mol. The van der Waals surface area contributed by atoms with Crippen molar-refractivity contribution in [1.29, 1.82) is 0 Å². The van der Waals surface area contributed by atoms with Crippen molar-refractivity contribution in [2.24, 2.45) is 0 Å².